The number of hydrogen-bond donors (Lipinski definition) is 2. The van der Waals surface area contributed by atoms with Gasteiger partial charge in [0.1, 0.15) is 5.82 Å². The summed E-state index contributed by atoms with van der Waals surface area (Å²) in [5.74, 6) is 0.870. The van der Waals surface area contributed by atoms with Crippen LogP contribution in [0.15, 0.2) is 48.5 Å². The predicted molar refractivity (Wildman–Crippen MR) is 130 cm³/mol. The molecule has 2 N–H and O–H groups in total. The van der Waals surface area contributed by atoms with Crippen LogP contribution >= 0.6 is 0 Å². The van der Waals surface area contributed by atoms with Crippen LogP contribution in [0.25, 0.3) is 0 Å². The summed E-state index contributed by atoms with van der Waals surface area (Å²) in [4.78, 5) is 25.5. The second-order valence-corrected chi connectivity index (χ2v) is 9.63. The van der Waals surface area contributed by atoms with Gasteiger partial charge in [-0.2, -0.15) is 0 Å². The highest BCUT2D eigenvalue weighted by Crippen LogP contribution is 2.28. The van der Waals surface area contributed by atoms with E-state index in [0.717, 1.165) is 58.2 Å². The van der Waals surface area contributed by atoms with Gasteiger partial charge in [0.25, 0.3) is 5.69 Å². The van der Waals surface area contributed by atoms with Crippen molar-refractivity contribution in [1.82, 2.24) is 10.2 Å². The number of nitrogens with zero attached hydrogens (tertiary/aromatic N) is 2. The summed E-state index contributed by atoms with van der Waals surface area (Å²) in [6.07, 6.45) is 7.67. The predicted octanol–water partition coefficient (Wildman–Crippen LogP) is 5.37. The van der Waals surface area contributed by atoms with Crippen molar-refractivity contribution >= 4 is 17.4 Å². The molecule has 2 fully saturated rings. The van der Waals surface area contributed by atoms with Crippen LogP contribution in [0.5, 0.6) is 0 Å². The maximum Gasteiger partial charge on any atom is 0.319 e. The quantitative estimate of drug-likeness (QED) is 0.422. The van der Waals surface area contributed by atoms with Crippen molar-refractivity contribution < 1.29 is 14.1 Å². The van der Waals surface area contributed by atoms with E-state index < -0.39 is 4.92 Å². The molecule has 1 aliphatic carbocycles. The lowest BCUT2D eigenvalue weighted by Crippen LogP contribution is -2.48. The molecule has 1 aliphatic heterocycles. The van der Waals surface area contributed by atoms with Gasteiger partial charge < -0.3 is 15.5 Å². The minimum absolute atomic E-state index is 0.000242. The maximum absolute atomic E-state index is 13.1. The average molecular weight is 469 g/mol. The van der Waals surface area contributed by atoms with E-state index in [4.69, 9.17) is 0 Å². The van der Waals surface area contributed by atoms with Gasteiger partial charge in [0.2, 0.25) is 0 Å². The topological polar surface area (TPSA) is 87.5 Å². The number of nitro groups is 1. The summed E-state index contributed by atoms with van der Waals surface area (Å²) >= 11 is 0. The van der Waals surface area contributed by atoms with Gasteiger partial charge >= 0.3 is 6.03 Å². The van der Waals surface area contributed by atoms with Gasteiger partial charge in [-0.3, -0.25) is 10.1 Å². The van der Waals surface area contributed by atoms with E-state index in [1.165, 1.54) is 24.1 Å². The zero-order valence-electron chi connectivity index (χ0n) is 19.4. The van der Waals surface area contributed by atoms with E-state index >= 15 is 0 Å². The maximum atomic E-state index is 13.1. The zero-order chi connectivity index (χ0) is 23.9. The first-order chi connectivity index (χ1) is 16.5. The van der Waals surface area contributed by atoms with Crippen LogP contribution < -0.4 is 10.6 Å². The molecule has 7 nitrogen and oxygen atoms in total. The highest BCUT2D eigenvalue weighted by Gasteiger charge is 2.30. The third-order valence-corrected chi connectivity index (χ3v) is 7.20. The van der Waals surface area contributed by atoms with Gasteiger partial charge in [0, 0.05) is 30.4 Å². The number of rotatable bonds is 7. The first kappa shape index (κ1) is 24.1. The molecule has 182 valence electrons. The number of urea groups is 1. The van der Waals surface area contributed by atoms with Crippen molar-refractivity contribution in [3.05, 3.63) is 70.0 Å². The number of nitrogens with one attached hydrogen (secondary N) is 2. The number of non-ortho nitro benzene ring substituents is 1. The second kappa shape index (κ2) is 11.4. The minimum Gasteiger partial charge on any atom is -0.335 e. The van der Waals surface area contributed by atoms with Gasteiger partial charge in [-0.1, -0.05) is 25.0 Å². The molecule has 2 amide bonds. The fourth-order valence-corrected chi connectivity index (χ4v) is 5.28. The fourth-order valence-electron chi connectivity index (χ4n) is 5.28. The Balaban J connectivity index is 1.24. The number of carbonyl (C=O) groups is 1. The molecule has 1 saturated heterocycles. The second-order valence-electron chi connectivity index (χ2n) is 9.63. The number of hydrogen-bond acceptors (Lipinski definition) is 4. The lowest BCUT2D eigenvalue weighted by molar-refractivity contribution is -0.384. The molecule has 0 radical (unpaired) electrons. The summed E-state index contributed by atoms with van der Waals surface area (Å²) in [5.41, 5.74) is 1.74. The first-order valence-corrected chi connectivity index (χ1v) is 12.2. The summed E-state index contributed by atoms with van der Waals surface area (Å²) in [6.45, 7) is 3.11. The van der Waals surface area contributed by atoms with Gasteiger partial charge in [-0.25, -0.2) is 9.18 Å². The summed E-state index contributed by atoms with van der Waals surface area (Å²) in [5, 5.41) is 16.7. The van der Waals surface area contributed by atoms with E-state index in [9.17, 15) is 19.3 Å². The Morgan fingerprint density at radius 3 is 2.35 bits per heavy atom. The molecule has 2 aliphatic rings. The van der Waals surface area contributed by atoms with E-state index in [0.29, 0.717) is 17.5 Å². The molecule has 8 heteroatoms. The van der Waals surface area contributed by atoms with Crippen molar-refractivity contribution in [2.45, 2.75) is 51.0 Å². The van der Waals surface area contributed by atoms with Crippen LogP contribution in [0.3, 0.4) is 0 Å². The Hall–Kier alpha value is -3.00. The number of nitro benzene ring substituents is 1. The largest absolute Gasteiger partial charge is 0.335 e. The molecule has 0 unspecified atom stereocenters. The van der Waals surface area contributed by atoms with E-state index in [-0.39, 0.29) is 23.6 Å². The lowest BCUT2D eigenvalue weighted by atomic mass is 9.83. The van der Waals surface area contributed by atoms with Crippen molar-refractivity contribution in [2.75, 3.05) is 25.0 Å². The van der Waals surface area contributed by atoms with Crippen LogP contribution in [-0.4, -0.2) is 41.5 Å². The van der Waals surface area contributed by atoms with E-state index in [2.05, 4.69) is 15.5 Å². The lowest BCUT2D eigenvalue weighted by Gasteiger charge is -2.39. The number of amides is 2. The normalized spacial score (nSPS) is 21.7. The number of carbonyl (C=O) groups excluding carboxylic acids is 1. The van der Waals surface area contributed by atoms with Crippen molar-refractivity contribution in [1.29, 1.82) is 0 Å². The molecule has 4 rings (SSSR count). The number of benzene rings is 2. The molecule has 2 aromatic carbocycles. The van der Waals surface area contributed by atoms with E-state index in [1.54, 1.807) is 24.3 Å². The number of anilines is 1. The molecule has 1 saturated carbocycles. The van der Waals surface area contributed by atoms with Crippen molar-refractivity contribution in [3.63, 3.8) is 0 Å². The van der Waals surface area contributed by atoms with Gasteiger partial charge in [0.05, 0.1) is 4.92 Å². The zero-order valence-corrected chi connectivity index (χ0v) is 19.4. The third kappa shape index (κ3) is 6.76. The van der Waals surface area contributed by atoms with Crippen LogP contribution in [0.2, 0.25) is 0 Å². The Labute approximate surface area is 199 Å². The third-order valence-electron chi connectivity index (χ3n) is 7.20. The molecule has 0 bridgehead atoms. The van der Waals surface area contributed by atoms with Crippen LogP contribution in [-0.2, 0) is 6.42 Å². The number of likely N-dealkylation sites (tertiary alicyclic amines) is 1. The van der Waals surface area contributed by atoms with Crippen LogP contribution in [0, 0.1) is 27.8 Å². The molecule has 2 aromatic rings. The first-order valence-electron chi connectivity index (χ1n) is 12.2. The SMILES string of the molecule is O=C(Nc1ccc([N+](=O)[O-])cc1)N[C@@H]1CCCC[C@H]1CN1CCC(Cc2ccc(F)cc2)CC1. The van der Waals surface area contributed by atoms with Crippen LogP contribution in [0.4, 0.5) is 20.6 Å². The minimum atomic E-state index is -0.456. The molecule has 0 spiro atoms. The van der Waals surface area contributed by atoms with Crippen LogP contribution in [0.1, 0.15) is 44.1 Å². The molecular formula is C26H33FN4O3. The molecule has 0 aromatic heterocycles. The highest BCUT2D eigenvalue weighted by molar-refractivity contribution is 5.89. The summed E-state index contributed by atoms with van der Waals surface area (Å²) in [6, 6.07) is 12.6. The standard InChI is InChI=1S/C26H33FN4O3/c27-22-7-5-19(6-8-22)17-20-13-15-30(16-14-20)18-21-3-1-2-4-25(21)29-26(32)28-23-9-11-24(12-10-23)31(33)34/h5-12,20-21,25H,1-4,13-18H2,(H2,28,29,32)/t21-,25+/m0/s1. The summed E-state index contributed by atoms with van der Waals surface area (Å²) in [7, 11) is 0. The Bertz CT molecular complexity index is 959. The Morgan fingerprint density at radius 2 is 1.68 bits per heavy atom. The Kier molecular flexibility index (Phi) is 8.11. The molecule has 34 heavy (non-hydrogen) atoms. The molecule has 2 atom stereocenters. The highest BCUT2D eigenvalue weighted by atomic mass is 19.1. The van der Waals surface area contributed by atoms with Gasteiger partial charge in [-0.15, -0.1) is 0 Å². The monoisotopic (exact) mass is 468 g/mol. The molecule has 1 heterocycles. The van der Waals surface area contributed by atoms with Gasteiger partial charge in [-0.05, 0) is 86.9 Å². The van der Waals surface area contributed by atoms with Gasteiger partial charge in [0.15, 0.2) is 0 Å². The average Bonchev–Trinajstić information content (AvgIpc) is 2.83. The molecular weight excluding hydrogens is 435 g/mol. The van der Waals surface area contributed by atoms with Crippen molar-refractivity contribution in [2.24, 2.45) is 11.8 Å². The smallest absolute Gasteiger partial charge is 0.319 e. The number of piperidine rings is 1. The fraction of sp³-hybridized carbons (Fsp3) is 0.500. The number of halogens is 1. The van der Waals surface area contributed by atoms with E-state index in [1.807, 2.05) is 12.1 Å². The Morgan fingerprint density at radius 1 is 1.00 bits per heavy atom. The summed E-state index contributed by atoms with van der Waals surface area (Å²) < 4.78 is 13.1. The van der Waals surface area contributed by atoms with Crippen molar-refractivity contribution in [3.8, 4) is 0 Å².